The van der Waals surface area contributed by atoms with Crippen LogP contribution < -0.4 is 4.52 Å². The Morgan fingerprint density at radius 2 is 1.45 bits per heavy atom. The number of rotatable bonds is 13. The summed E-state index contributed by atoms with van der Waals surface area (Å²) < 4.78 is 15.9. The van der Waals surface area contributed by atoms with E-state index >= 15 is 0 Å². The molecule has 4 saturated carbocycles. The van der Waals surface area contributed by atoms with Crippen molar-refractivity contribution in [1.82, 2.24) is 4.67 Å². The van der Waals surface area contributed by atoms with Crippen LogP contribution in [-0.4, -0.2) is 27.8 Å². The fourth-order valence-electron chi connectivity index (χ4n) is 12.0. The maximum Gasteiger partial charge on any atom is 0.321 e. The zero-order valence-corrected chi connectivity index (χ0v) is 32.4. The van der Waals surface area contributed by atoms with Crippen molar-refractivity contribution in [3.63, 3.8) is 0 Å². The Morgan fingerprint density at radius 3 is 2.06 bits per heavy atom. The van der Waals surface area contributed by atoms with Gasteiger partial charge in [0.05, 0.1) is 11.0 Å². The predicted octanol–water partition coefficient (Wildman–Crippen LogP) is 12.2. The molecule has 0 heterocycles. The molecule has 4 fully saturated rings. The lowest BCUT2D eigenvalue weighted by Crippen LogP contribution is -2.59. The monoisotopic (exact) mass is 670 g/mol. The molecule has 0 aromatic heterocycles. The molecule has 47 heavy (non-hydrogen) atoms. The Hall–Kier alpha value is -1.23. The zero-order valence-electron chi connectivity index (χ0n) is 31.5. The second-order valence-electron chi connectivity index (χ2n) is 18.0. The van der Waals surface area contributed by atoms with Gasteiger partial charge in [-0.15, -0.1) is 0 Å². The maximum absolute atomic E-state index is 11.2. The highest BCUT2D eigenvalue weighted by Crippen LogP contribution is 2.73. The van der Waals surface area contributed by atoms with Gasteiger partial charge in [-0.3, -0.25) is 10.1 Å². The Bertz CT molecular complexity index is 1200. The Kier molecular flexibility index (Phi) is 11.5. The molecular weight excluding hydrogens is 603 g/mol. The highest BCUT2D eigenvalue weighted by Gasteiger charge is 2.65. The van der Waals surface area contributed by atoms with Crippen LogP contribution in [-0.2, 0) is 4.52 Å². The first-order valence-electron chi connectivity index (χ1n) is 19.3. The number of benzene rings is 1. The number of non-ortho nitro benzene ring substituents is 1. The third-order valence-corrected chi connectivity index (χ3v) is 16.3. The molecule has 10 atom stereocenters. The van der Waals surface area contributed by atoms with Gasteiger partial charge in [0.15, 0.2) is 0 Å². The fourth-order valence-corrected chi connectivity index (χ4v) is 13.7. The second kappa shape index (κ2) is 14.6. The first kappa shape index (κ1) is 37.0. The summed E-state index contributed by atoms with van der Waals surface area (Å²) in [6.45, 7) is 24.3. The summed E-state index contributed by atoms with van der Waals surface area (Å²) in [4.78, 5) is 10.9. The van der Waals surface area contributed by atoms with Crippen LogP contribution in [0, 0.1) is 61.9 Å². The number of fused-ring (bicyclic) bond motifs is 5. The molecule has 4 aliphatic carbocycles. The predicted molar refractivity (Wildman–Crippen MR) is 195 cm³/mol. The van der Waals surface area contributed by atoms with Crippen LogP contribution in [0.4, 0.5) is 5.69 Å². The van der Waals surface area contributed by atoms with Crippen molar-refractivity contribution in [3.05, 3.63) is 34.4 Å². The van der Waals surface area contributed by atoms with E-state index in [1.165, 1.54) is 76.3 Å². The normalized spacial score (nSPS) is 36.7. The van der Waals surface area contributed by atoms with Gasteiger partial charge in [0, 0.05) is 24.2 Å². The number of hydrogen-bond donors (Lipinski definition) is 0. The van der Waals surface area contributed by atoms with Crippen LogP contribution in [0.3, 0.4) is 0 Å². The quantitative estimate of drug-likeness (QED) is 0.119. The smallest absolute Gasteiger partial charge is 0.321 e. The van der Waals surface area contributed by atoms with Gasteiger partial charge in [0.2, 0.25) is 0 Å². The Labute approximate surface area is 288 Å². The molecule has 0 N–H and O–H groups in total. The van der Waals surface area contributed by atoms with Gasteiger partial charge < -0.3 is 9.05 Å². The van der Waals surface area contributed by atoms with E-state index in [2.05, 4.69) is 73.9 Å². The third-order valence-electron chi connectivity index (χ3n) is 14.1. The van der Waals surface area contributed by atoms with Gasteiger partial charge in [-0.1, -0.05) is 60.8 Å². The van der Waals surface area contributed by atoms with Crippen molar-refractivity contribution in [2.45, 2.75) is 164 Å². The summed E-state index contributed by atoms with van der Waals surface area (Å²) in [5, 5.41) is 11.2. The molecule has 0 aliphatic heterocycles. The molecule has 0 bridgehead atoms. The summed E-state index contributed by atoms with van der Waals surface area (Å²) in [7, 11) is -1.36. The lowest BCUT2D eigenvalue weighted by atomic mass is 9.39. The van der Waals surface area contributed by atoms with E-state index in [1.807, 2.05) is 0 Å². The van der Waals surface area contributed by atoms with Gasteiger partial charge in [-0.25, -0.2) is 4.67 Å². The molecule has 0 spiro atoms. The summed E-state index contributed by atoms with van der Waals surface area (Å²) >= 11 is 0. The average Bonchev–Trinajstić information content (AvgIpc) is 3.35. The summed E-state index contributed by atoms with van der Waals surface area (Å²) in [6, 6.07) is 7.00. The number of nitro groups is 1. The molecule has 4 unspecified atom stereocenters. The fraction of sp³-hybridized carbons (Fsp3) is 0.850. The average molecular weight is 671 g/mol. The molecule has 0 amide bonds. The molecule has 1 aromatic carbocycles. The van der Waals surface area contributed by atoms with Crippen molar-refractivity contribution >= 4 is 14.2 Å². The molecule has 5 rings (SSSR count). The summed E-state index contributed by atoms with van der Waals surface area (Å²) in [5.74, 6) is 5.57. The van der Waals surface area contributed by atoms with E-state index in [9.17, 15) is 10.1 Å². The van der Waals surface area contributed by atoms with Crippen molar-refractivity contribution in [3.8, 4) is 5.75 Å². The van der Waals surface area contributed by atoms with Crippen molar-refractivity contribution in [2.75, 3.05) is 0 Å². The Morgan fingerprint density at radius 1 is 0.830 bits per heavy atom. The van der Waals surface area contributed by atoms with E-state index < -0.39 is 8.53 Å². The van der Waals surface area contributed by atoms with Gasteiger partial charge in [0.25, 0.3) is 5.69 Å². The highest BCUT2D eigenvalue weighted by atomic mass is 31.2. The molecule has 1 aromatic rings. The van der Waals surface area contributed by atoms with Crippen LogP contribution in [0.5, 0.6) is 5.75 Å². The maximum atomic E-state index is 11.2. The number of hydrogen-bond acceptors (Lipinski definition) is 5. The van der Waals surface area contributed by atoms with E-state index in [4.69, 9.17) is 9.05 Å². The lowest BCUT2D eigenvalue weighted by Gasteiger charge is -2.66. The summed E-state index contributed by atoms with van der Waals surface area (Å²) in [6.07, 6.45) is 16.2. The van der Waals surface area contributed by atoms with Crippen LogP contribution >= 0.6 is 8.53 Å². The highest BCUT2D eigenvalue weighted by molar-refractivity contribution is 7.45. The largest absolute Gasteiger partial charge is 0.436 e. The Balaban J connectivity index is 1.28. The van der Waals surface area contributed by atoms with E-state index in [1.54, 1.807) is 12.1 Å². The lowest BCUT2D eigenvalue weighted by molar-refractivity contribution is -0.384. The van der Waals surface area contributed by atoms with Gasteiger partial charge >= 0.3 is 8.53 Å². The van der Waals surface area contributed by atoms with Crippen LogP contribution in [0.2, 0.25) is 0 Å². The first-order chi connectivity index (χ1) is 22.1. The van der Waals surface area contributed by atoms with Crippen LogP contribution in [0.1, 0.15) is 146 Å². The number of nitrogens with zero attached hydrogens (tertiary/aromatic N) is 2. The molecule has 0 radical (unpaired) electrons. The van der Waals surface area contributed by atoms with Crippen LogP contribution in [0.15, 0.2) is 24.3 Å². The van der Waals surface area contributed by atoms with E-state index in [0.717, 1.165) is 42.4 Å². The van der Waals surface area contributed by atoms with Crippen molar-refractivity contribution in [1.29, 1.82) is 0 Å². The topological polar surface area (TPSA) is 64.8 Å². The van der Waals surface area contributed by atoms with E-state index in [0.29, 0.717) is 27.9 Å². The minimum absolute atomic E-state index is 0.0790. The molecule has 0 saturated heterocycles. The van der Waals surface area contributed by atoms with Gasteiger partial charge in [-0.05, 0) is 149 Å². The molecule has 6 nitrogen and oxygen atoms in total. The standard InChI is InChI=1S/C40H67N2O4P/c1-27(2)12-11-13-30(7)35-18-19-36-39(35,9)25-22-37-38(8)24-21-34(26-31(38)20-23-40(36,37)10)46-47(41(28(3)4)29(5)6)45-33-16-14-32(15-17-33)42(43)44/h14-17,27-31,34-37H,11-13,18-26H2,1-10H3/t30-,31?,34+,35-,36?,37?,38+,39-,40+,47?/m1/s1. The van der Waals surface area contributed by atoms with Crippen LogP contribution in [0.25, 0.3) is 0 Å². The van der Waals surface area contributed by atoms with E-state index in [-0.39, 0.29) is 28.8 Å². The number of nitro benzene ring substituents is 1. The molecule has 266 valence electrons. The van der Waals surface area contributed by atoms with Crippen molar-refractivity contribution < 1.29 is 14.0 Å². The van der Waals surface area contributed by atoms with Crippen molar-refractivity contribution in [2.24, 2.45) is 51.8 Å². The zero-order chi connectivity index (χ0) is 34.3. The first-order valence-corrected chi connectivity index (χ1v) is 20.4. The molecular formula is C40H67N2O4P. The summed E-state index contributed by atoms with van der Waals surface area (Å²) in [5.41, 5.74) is 1.42. The third kappa shape index (κ3) is 7.32. The minimum Gasteiger partial charge on any atom is -0.436 e. The molecule has 7 heteroatoms. The second-order valence-corrected chi connectivity index (χ2v) is 19.4. The SMILES string of the molecule is CC(C)CCC[C@@H](C)[C@H]1CCC2[C@]3(C)CCC4C[C@@H](OP(Oc5ccc([N+](=O)[O-])cc5)N(C(C)C)C(C)C)CC[C@]4(C)C3CC[C@@]21C. The van der Waals surface area contributed by atoms with Gasteiger partial charge in [-0.2, -0.15) is 0 Å². The molecule has 4 aliphatic rings. The van der Waals surface area contributed by atoms with Gasteiger partial charge in [0.1, 0.15) is 5.75 Å². The minimum atomic E-state index is -1.36.